The molecule has 154 valence electrons. The van der Waals surface area contributed by atoms with E-state index in [0.717, 1.165) is 0 Å². The van der Waals surface area contributed by atoms with E-state index in [1.165, 1.54) is 0 Å². The number of carboxylic acid groups (broad SMARTS) is 2. The van der Waals surface area contributed by atoms with Crippen LogP contribution in [0.2, 0.25) is 0 Å². The number of hydrogen-bond acceptors (Lipinski definition) is 9. The van der Waals surface area contributed by atoms with E-state index in [-0.39, 0.29) is 5.75 Å². The Morgan fingerprint density at radius 3 is 1.70 bits per heavy atom. The van der Waals surface area contributed by atoms with E-state index in [4.69, 9.17) is 26.2 Å². The van der Waals surface area contributed by atoms with E-state index in [1.54, 1.807) is 0 Å². The Balaban J connectivity index is 5.16. The van der Waals surface area contributed by atoms with E-state index < -0.39 is 73.5 Å². The molecule has 0 aromatic carbocycles. The average Bonchev–Trinajstić information content (AvgIpc) is 2.61. The highest BCUT2D eigenvalue weighted by Gasteiger charge is 2.30. The van der Waals surface area contributed by atoms with Crippen molar-refractivity contribution in [2.75, 3.05) is 19.0 Å². The van der Waals surface area contributed by atoms with Gasteiger partial charge in [0.2, 0.25) is 17.7 Å². The molecular weight excluding hydrogens is 388 g/mol. The minimum atomic E-state index is -1.70. The average molecular weight is 410 g/mol. The van der Waals surface area contributed by atoms with Crippen LogP contribution in [0.3, 0.4) is 0 Å². The number of hydrogen-bond donors (Lipinski definition) is 9. The normalized spacial score (nSPS) is 15.0. The predicted molar refractivity (Wildman–Crippen MR) is 91.7 cm³/mol. The fraction of sp³-hybridized carbons (Fsp3) is 0.615. The lowest BCUT2D eigenvalue weighted by atomic mass is 10.1. The topological polar surface area (TPSA) is 228 Å². The number of aliphatic carboxylic acids is 2. The summed E-state index contributed by atoms with van der Waals surface area (Å²) in [5, 5.41) is 41.5. The maximum atomic E-state index is 12.2. The third-order valence-corrected chi connectivity index (χ3v) is 3.52. The number of thiol groups is 1. The minimum absolute atomic E-state index is 0.245. The number of carbonyl (C=O) groups excluding carboxylic acids is 3. The number of aliphatic hydroxyl groups excluding tert-OH is 2. The van der Waals surface area contributed by atoms with Gasteiger partial charge < -0.3 is 42.1 Å². The van der Waals surface area contributed by atoms with Crippen LogP contribution in [0.25, 0.3) is 0 Å². The van der Waals surface area contributed by atoms with Crippen LogP contribution >= 0.6 is 12.6 Å². The number of aliphatic hydroxyl groups is 2. The standard InChI is InChI=1S/C13H22N4O9S/c14-5(2-18)10(22)17-8(4-27)12(24)15-6(1-9(20)21)11(23)16-7(3-19)13(25)26/h5-8,18-19,27H,1-4,14H2,(H,15,24)(H,16,23)(H,17,22)(H,20,21)(H,25,26). The summed E-state index contributed by atoms with van der Waals surface area (Å²) >= 11 is 3.86. The summed E-state index contributed by atoms with van der Waals surface area (Å²) < 4.78 is 0. The van der Waals surface area contributed by atoms with E-state index in [2.05, 4.69) is 23.3 Å². The Hall–Kier alpha value is -2.42. The molecule has 13 nitrogen and oxygen atoms in total. The minimum Gasteiger partial charge on any atom is -0.481 e. The van der Waals surface area contributed by atoms with Crippen LogP contribution in [-0.4, -0.2) is 93.2 Å². The lowest BCUT2D eigenvalue weighted by Crippen LogP contribution is -2.58. The van der Waals surface area contributed by atoms with E-state index in [0.29, 0.717) is 0 Å². The summed E-state index contributed by atoms with van der Waals surface area (Å²) in [6.45, 7) is -1.64. The number of nitrogens with two attached hydrogens (primary N) is 1. The van der Waals surface area contributed by atoms with Gasteiger partial charge >= 0.3 is 11.9 Å². The van der Waals surface area contributed by atoms with Gasteiger partial charge in [-0.25, -0.2) is 4.79 Å². The fourth-order valence-corrected chi connectivity index (χ4v) is 1.93. The van der Waals surface area contributed by atoms with Crippen molar-refractivity contribution in [1.29, 1.82) is 0 Å². The summed E-state index contributed by atoms with van der Waals surface area (Å²) in [4.78, 5) is 57.6. The fourth-order valence-electron chi connectivity index (χ4n) is 1.67. The molecule has 27 heavy (non-hydrogen) atoms. The Morgan fingerprint density at radius 2 is 1.30 bits per heavy atom. The first-order valence-electron chi connectivity index (χ1n) is 7.51. The molecule has 0 aromatic heterocycles. The maximum Gasteiger partial charge on any atom is 0.328 e. The van der Waals surface area contributed by atoms with E-state index >= 15 is 0 Å². The molecule has 0 fully saturated rings. The van der Waals surface area contributed by atoms with Crippen molar-refractivity contribution in [3.8, 4) is 0 Å². The van der Waals surface area contributed by atoms with Gasteiger partial charge in [0.05, 0.1) is 19.6 Å². The third-order valence-electron chi connectivity index (χ3n) is 3.16. The summed E-state index contributed by atoms with van der Waals surface area (Å²) in [6.07, 6.45) is -0.890. The molecule has 0 aliphatic carbocycles. The van der Waals surface area contributed by atoms with Gasteiger partial charge in [0.15, 0.2) is 0 Å². The first-order valence-corrected chi connectivity index (χ1v) is 8.14. The van der Waals surface area contributed by atoms with Crippen molar-refractivity contribution in [1.82, 2.24) is 16.0 Å². The molecule has 4 unspecified atom stereocenters. The summed E-state index contributed by atoms with van der Waals surface area (Å²) in [7, 11) is 0. The summed E-state index contributed by atoms with van der Waals surface area (Å²) in [5.41, 5.74) is 5.29. The van der Waals surface area contributed by atoms with Crippen molar-refractivity contribution in [3.05, 3.63) is 0 Å². The second-order valence-corrected chi connectivity index (χ2v) is 5.64. The molecule has 0 aliphatic heterocycles. The highest BCUT2D eigenvalue weighted by atomic mass is 32.1. The van der Waals surface area contributed by atoms with Crippen LogP contribution in [0.15, 0.2) is 0 Å². The second-order valence-electron chi connectivity index (χ2n) is 5.27. The van der Waals surface area contributed by atoms with E-state index in [1.807, 2.05) is 5.32 Å². The van der Waals surface area contributed by atoms with Crippen LogP contribution in [-0.2, 0) is 24.0 Å². The summed E-state index contributed by atoms with van der Waals surface area (Å²) in [6, 6.07) is -6.00. The van der Waals surface area contributed by atoms with E-state index in [9.17, 15) is 24.0 Å². The molecule has 3 amide bonds. The van der Waals surface area contributed by atoms with Gasteiger partial charge in [-0.15, -0.1) is 0 Å². The quantitative estimate of drug-likeness (QED) is 0.139. The molecule has 9 N–H and O–H groups in total. The van der Waals surface area contributed by atoms with Gasteiger partial charge in [-0.2, -0.15) is 12.6 Å². The third kappa shape index (κ3) is 8.67. The van der Waals surface area contributed by atoms with Gasteiger partial charge in [0.25, 0.3) is 0 Å². The maximum absolute atomic E-state index is 12.2. The molecule has 0 aliphatic rings. The number of amides is 3. The lowest BCUT2D eigenvalue weighted by molar-refractivity contribution is -0.144. The van der Waals surface area contributed by atoms with Crippen molar-refractivity contribution in [2.45, 2.75) is 30.6 Å². The molecule has 0 spiro atoms. The first-order chi connectivity index (χ1) is 12.6. The Bertz CT molecular complexity index is 574. The zero-order chi connectivity index (χ0) is 21.1. The number of carboxylic acids is 2. The highest BCUT2D eigenvalue weighted by Crippen LogP contribution is 1.99. The smallest absolute Gasteiger partial charge is 0.328 e. The largest absolute Gasteiger partial charge is 0.481 e. The number of carbonyl (C=O) groups is 5. The van der Waals surface area contributed by atoms with Crippen LogP contribution in [0.4, 0.5) is 0 Å². The highest BCUT2D eigenvalue weighted by molar-refractivity contribution is 7.80. The molecule has 14 heteroatoms. The van der Waals surface area contributed by atoms with Gasteiger partial charge in [-0.1, -0.05) is 0 Å². The van der Waals surface area contributed by atoms with Gasteiger partial charge in [-0.05, 0) is 0 Å². The zero-order valence-corrected chi connectivity index (χ0v) is 14.9. The molecule has 0 rings (SSSR count). The monoisotopic (exact) mass is 410 g/mol. The molecule has 0 aromatic rings. The van der Waals surface area contributed by atoms with Crippen molar-refractivity contribution < 1.29 is 44.4 Å². The molecule has 4 atom stereocenters. The van der Waals surface area contributed by atoms with Crippen LogP contribution in [0.5, 0.6) is 0 Å². The Morgan fingerprint density at radius 1 is 0.815 bits per heavy atom. The Kier molecular flexibility index (Phi) is 11.0. The predicted octanol–water partition coefficient (Wildman–Crippen LogP) is -4.76. The molecule has 0 bridgehead atoms. The second kappa shape index (κ2) is 12.1. The number of nitrogens with one attached hydrogen (secondary N) is 3. The summed E-state index contributed by atoms with van der Waals surface area (Å²) in [5.74, 6) is -6.31. The molecule has 0 heterocycles. The van der Waals surface area contributed by atoms with Crippen LogP contribution in [0, 0.1) is 0 Å². The number of rotatable bonds is 12. The van der Waals surface area contributed by atoms with Crippen LogP contribution in [0.1, 0.15) is 6.42 Å². The van der Waals surface area contributed by atoms with Crippen LogP contribution < -0.4 is 21.7 Å². The molecule has 0 saturated carbocycles. The van der Waals surface area contributed by atoms with Gasteiger partial charge in [0, 0.05) is 5.75 Å². The Labute approximate surface area is 158 Å². The lowest BCUT2D eigenvalue weighted by Gasteiger charge is -2.23. The first kappa shape index (κ1) is 24.6. The SMILES string of the molecule is NC(CO)C(=O)NC(CS)C(=O)NC(CC(=O)O)C(=O)NC(CO)C(=O)O. The van der Waals surface area contributed by atoms with Crippen molar-refractivity contribution in [3.63, 3.8) is 0 Å². The van der Waals surface area contributed by atoms with Crippen molar-refractivity contribution >= 4 is 42.3 Å². The molecule has 0 saturated heterocycles. The molecule has 0 radical (unpaired) electrons. The zero-order valence-electron chi connectivity index (χ0n) is 14.0. The molecular formula is C13H22N4O9S. The van der Waals surface area contributed by atoms with Gasteiger partial charge in [0.1, 0.15) is 24.2 Å². The van der Waals surface area contributed by atoms with Gasteiger partial charge in [-0.3, -0.25) is 19.2 Å². The van der Waals surface area contributed by atoms with Crippen molar-refractivity contribution in [2.24, 2.45) is 5.73 Å².